The zero-order valence-corrected chi connectivity index (χ0v) is 14.9. The SMILES string of the molecule is N#[SiH].O=[Si]=O.O=[Si]=O.[O-2].[O-2].[O-2].[Y+3].[Y+3]. The molecule has 0 amide bonds. The molecule has 0 N–H and O–H groups in total. The van der Waals surface area contributed by atoms with Crippen LogP contribution in [0.1, 0.15) is 0 Å². The van der Waals surface area contributed by atoms with Crippen molar-refractivity contribution >= 4 is 28.5 Å². The smallest absolute Gasteiger partial charge is 2.00 e. The van der Waals surface area contributed by atoms with E-state index in [1.807, 2.05) is 0 Å². The zero-order valence-electron chi connectivity index (χ0n) is 6.04. The molecular weight excluding hydrogens is 388 g/mol. The van der Waals surface area contributed by atoms with Crippen molar-refractivity contribution in [2.75, 3.05) is 0 Å². The van der Waals surface area contributed by atoms with Crippen LogP contribution in [-0.2, 0) is 99.7 Å². The van der Waals surface area contributed by atoms with Gasteiger partial charge in [0.25, 0.3) is 0 Å². The van der Waals surface area contributed by atoms with Gasteiger partial charge in [-0.25, -0.2) is 0 Å². The second kappa shape index (κ2) is 164. The average Bonchev–Trinajstić information content (AvgIpc) is 1.75. The minimum Gasteiger partial charge on any atom is -2.00 e. The topological polar surface area (TPSA) is 178 Å². The fourth-order valence-corrected chi connectivity index (χ4v) is 0. The molecule has 0 saturated carbocycles. The van der Waals surface area contributed by atoms with Crippen molar-refractivity contribution in [3.05, 3.63) is 0 Å². The number of hydrogen-bond donors (Lipinski definition) is 0. The first-order valence-corrected chi connectivity index (χ1v) is 3.22. The predicted molar refractivity (Wildman–Crippen MR) is 25.2 cm³/mol. The van der Waals surface area contributed by atoms with E-state index in [-0.39, 0.29) is 81.8 Å². The van der Waals surface area contributed by atoms with Gasteiger partial charge in [0.05, 0.1) is 0 Å². The summed E-state index contributed by atoms with van der Waals surface area (Å²) in [7, 11) is -1.42. The van der Waals surface area contributed by atoms with E-state index in [0.717, 1.165) is 0 Å². The second-order valence-corrected chi connectivity index (χ2v) is 0.500. The molecule has 0 rings (SSSR count). The van der Waals surface area contributed by atoms with Crippen LogP contribution < -0.4 is 0 Å². The number of nitrogens with zero attached hydrogens (tertiary/aromatic N) is 1. The standard InChI is InChI=1S/HNSi.2O2Si.3O.2Y/c1-2;2*1-3-2;;;;;/h2H;;;;;;;/q;;;3*-2;2*+3. The summed E-state index contributed by atoms with van der Waals surface area (Å²) >= 11 is 0. The van der Waals surface area contributed by atoms with Crippen molar-refractivity contribution in [3.63, 3.8) is 0 Å². The average molecular weight is 389 g/mol. The molecule has 0 saturated heterocycles. The molecule has 0 heterocycles. The van der Waals surface area contributed by atoms with Gasteiger partial charge >= 0.3 is 84.0 Å². The molecule has 0 aliphatic rings. The molecule has 0 spiro atoms. The molecule has 0 aliphatic heterocycles. The van der Waals surface area contributed by atoms with Gasteiger partial charge in [-0.15, -0.1) is 0 Å². The van der Waals surface area contributed by atoms with E-state index in [1.165, 1.54) is 9.88 Å². The quantitative estimate of drug-likeness (QED) is 0.425. The fraction of sp³-hybridized carbons (Fsp3) is 0. The first-order valence-electron chi connectivity index (χ1n) is 1.07. The van der Waals surface area contributed by atoms with Crippen molar-refractivity contribution in [1.82, 2.24) is 0 Å². The minimum absolute atomic E-state index is 0. The van der Waals surface area contributed by atoms with Crippen molar-refractivity contribution < 1.29 is 99.7 Å². The molecular formula is HNO7Si3Y2. The maximum absolute atomic E-state index is 8.40. The predicted octanol–water partition coefficient (Wildman–Crippen LogP) is -2.23. The molecule has 66 valence electrons. The van der Waals surface area contributed by atoms with Crippen LogP contribution in [0.15, 0.2) is 0 Å². The summed E-state index contributed by atoms with van der Waals surface area (Å²) in [5.41, 5.74) is 0. The summed E-state index contributed by atoms with van der Waals surface area (Å²) in [5.74, 6) is 0. The van der Waals surface area contributed by atoms with Gasteiger partial charge in [0.15, 0.2) is 9.88 Å². The number of rotatable bonds is 0. The second-order valence-electron chi connectivity index (χ2n) is 0.167. The van der Waals surface area contributed by atoms with Crippen LogP contribution in [0.2, 0.25) is 0 Å². The Morgan fingerprint density at radius 1 is 0.692 bits per heavy atom. The molecule has 0 radical (unpaired) electrons. The summed E-state index contributed by atoms with van der Waals surface area (Å²) in [6.07, 6.45) is 0. The maximum atomic E-state index is 8.40. The van der Waals surface area contributed by atoms with E-state index in [1.54, 1.807) is 0 Å². The molecule has 0 aliphatic carbocycles. The van der Waals surface area contributed by atoms with Crippen LogP contribution in [0.3, 0.4) is 0 Å². The minimum atomic E-state index is -1.42. The third-order valence-electron chi connectivity index (χ3n) is 0. The van der Waals surface area contributed by atoms with Crippen LogP contribution in [0.5, 0.6) is 0 Å². The van der Waals surface area contributed by atoms with Gasteiger partial charge in [-0.05, 0) is 0 Å². The third kappa shape index (κ3) is 682. The van der Waals surface area contributed by atoms with Gasteiger partial charge < -0.3 is 16.4 Å². The number of hydrogen-bond acceptors (Lipinski definition) is 5. The molecule has 0 atom stereocenters. The van der Waals surface area contributed by atoms with Crippen molar-refractivity contribution in [2.24, 2.45) is 0 Å². The van der Waals surface area contributed by atoms with Gasteiger partial charge in [-0.2, -0.15) is 0 Å². The molecule has 8 nitrogen and oxygen atoms in total. The summed E-state index contributed by atoms with van der Waals surface area (Å²) in [4.78, 5) is 6.92. The normalized spacial score (nSPS) is 1.38. The van der Waals surface area contributed by atoms with Gasteiger partial charge in [0.2, 0.25) is 0 Å². The Kier molecular flexibility index (Phi) is 779. The fourth-order valence-electron chi connectivity index (χ4n) is 0. The van der Waals surface area contributed by atoms with Crippen LogP contribution in [0.25, 0.3) is 0 Å². The van der Waals surface area contributed by atoms with E-state index in [2.05, 4.69) is 0 Å². The van der Waals surface area contributed by atoms with E-state index in [0.29, 0.717) is 0 Å². The monoisotopic (exact) mass is 389 g/mol. The Balaban J connectivity index is -0.00000000409. The first-order chi connectivity index (χ1) is 3.83. The van der Waals surface area contributed by atoms with E-state index in [9.17, 15) is 0 Å². The summed E-state index contributed by atoms with van der Waals surface area (Å²) < 4.78 is 33.6. The van der Waals surface area contributed by atoms with E-state index < -0.39 is 18.6 Å². The molecule has 0 aromatic carbocycles. The Morgan fingerprint density at radius 2 is 0.692 bits per heavy atom. The largest absolute Gasteiger partial charge is 3.00 e. The van der Waals surface area contributed by atoms with Gasteiger partial charge in [0.1, 0.15) is 0 Å². The molecule has 0 aromatic heterocycles. The summed E-state index contributed by atoms with van der Waals surface area (Å²) in [6, 6.07) is 0. The summed E-state index contributed by atoms with van der Waals surface area (Å²) in [6.45, 7) is 0. The van der Waals surface area contributed by atoms with Crippen molar-refractivity contribution in [2.45, 2.75) is 0 Å². The van der Waals surface area contributed by atoms with Crippen molar-refractivity contribution in [3.8, 4) is 0 Å². The molecule has 0 unspecified atom stereocenters. The van der Waals surface area contributed by atoms with E-state index >= 15 is 0 Å². The van der Waals surface area contributed by atoms with Crippen LogP contribution in [0.4, 0.5) is 0 Å². The Labute approximate surface area is 131 Å². The van der Waals surface area contributed by atoms with Gasteiger partial charge in [-0.3, -0.25) is 22.7 Å². The first kappa shape index (κ1) is 61.7. The van der Waals surface area contributed by atoms with Crippen LogP contribution >= 0.6 is 0 Å². The molecule has 0 aromatic rings. The van der Waals surface area contributed by atoms with Crippen LogP contribution in [0, 0.1) is 4.89 Å². The van der Waals surface area contributed by atoms with Crippen LogP contribution in [-0.4, -0.2) is 28.5 Å². The van der Waals surface area contributed by atoms with Gasteiger partial charge in [0, 0.05) is 0 Å². The third-order valence-corrected chi connectivity index (χ3v) is 0. The Morgan fingerprint density at radius 3 is 0.692 bits per heavy atom. The zero-order chi connectivity index (χ0) is 7.41. The summed E-state index contributed by atoms with van der Waals surface area (Å²) in [5, 5.41) is 0. The van der Waals surface area contributed by atoms with Gasteiger partial charge in [-0.1, -0.05) is 0 Å². The molecule has 0 bridgehead atoms. The molecule has 13 heteroatoms. The Hall–Kier alpha value is 1.65. The molecule has 0 fully saturated rings. The Bertz CT molecular complexity index is 102. The van der Waals surface area contributed by atoms with E-state index in [4.69, 9.17) is 22.7 Å². The molecule has 13 heavy (non-hydrogen) atoms. The maximum Gasteiger partial charge on any atom is 3.00 e. The van der Waals surface area contributed by atoms with Crippen molar-refractivity contribution in [1.29, 1.82) is 4.89 Å².